The van der Waals surface area contributed by atoms with Crippen molar-refractivity contribution < 1.29 is 14.3 Å². The van der Waals surface area contributed by atoms with Crippen LogP contribution in [0.25, 0.3) is 0 Å². The fourth-order valence-corrected chi connectivity index (χ4v) is 2.50. The van der Waals surface area contributed by atoms with Gasteiger partial charge in [0, 0.05) is 17.7 Å². The van der Waals surface area contributed by atoms with Gasteiger partial charge in [-0.2, -0.15) is 0 Å². The predicted octanol–water partition coefficient (Wildman–Crippen LogP) is 4.06. The smallest absolute Gasteiger partial charge is 0.251 e. The molecule has 0 spiro atoms. The first-order valence-corrected chi connectivity index (χ1v) is 7.62. The molecule has 0 saturated carbocycles. The summed E-state index contributed by atoms with van der Waals surface area (Å²) in [7, 11) is 0. The van der Waals surface area contributed by atoms with Crippen LogP contribution in [0.15, 0.2) is 28.7 Å². The van der Waals surface area contributed by atoms with Gasteiger partial charge in [-0.3, -0.25) is 4.79 Å². The lowest BCUT2D eigenvalue weighted by atomic mass is 10.1. The standard InChI is InChI=1S/C16H17Cl2NO3/c1-9-7-12(10(2)22-9)15(20)5-6-19-16(21)11-3-4-13(17)14(18)8-11/h3-4,7-8,15,20H,5-6H2,1-2H3,(H,19,21). The Balaban J connectivity index is 1.89. The second kappa shape index (κ2) is 7.18. The first-order valence-electron chi connectivity index (χ1n) is 6.86. The molecule has 2 rings (SSSR count). The second-order valence-corrected chi connectivity index (χ2v) is 5.87. The Bertz CT molecular complexity index is 682. The highest BCUT2D eigenvalue weighted by molar-refractivity contribution is 6.42. The molecule has 1 aromatic carbocycles. The number of halogens is 2. The molecule has 0 radical (unpaired) electrons. The van der Waals surface area contributed by atoms with E-state index in [2.05, 4.69) is 5.32 Å². The van der Waals surface area contributed by atoms with Crippen molar-refractivity contribution in [2.45, 2.75) is 26.4 Å². The van der Waals surface area contributed by atoms with Gasteiger partial charge in [-0.25, -0.2) is 0 Å². The van der Waals surface area contributed by atoms with Crippen LogP contribution in [0.1, 0.15) is 40.0 Å². The number of rotatable bonds is 5. The van der Waals surface area contributed by atoms with E-state index in [1.54, 1.807) is 25.1 Å². The van der Waals surface area contributed by atoms with Crippen molar-refractivity contribution in [3.05, 3.63) is 57.0 Å². The number of nitrogens with one attached hydrogen (secondary N) is 1. The maximum atomic E-state index is 12.0. The number of aryl methyl sites for hydroxylation is 2. The van der Waals surface area contributed by atoms with Gasteiger partial charge in [0.1, 0.15) is 11.5 Å². The third kappa shape index (κ3) is 4.03. The van der Waals surface area contributed by atoms with E-state index >= 15 is 0 Å². The third-order valence-corrected chi connectivity index (χ3v) is 4.06. The van der Waals surface area contributed by atoms with Gasteiger partial charge in [0.25, 0.3) is 5.91 Å². The van der Waals surface area contributed by atoms with Crippen molar-refractivity contribution in [1.82, 2.24) is 5.32 Å². The lowest BCUT2D eigenvalue weighted by molar-refractivity contribution is 0.0942. The SMILES string of the molecule is Cc1cc(C(O)CCNC(=O)c2ccc(Cl)c(Cl)c2)c(C)o1. The fraction of sp³-hybridized carbons (Fsp3) is 0.312. The number of benzene rings is 1. The van der Waals surface area contributed by atoms with Crippen molar-refractivity contribution in [3.8, 4) is 0 Å². The summed E-state index contributed by atoms with van der Waals surface area (Å²) >= 11 is 11.7. The van der Waals surface area contributed by atoms with Crippen LogP contribution in [0.5, 0.6) is 0 Å². The summed E-state index contributed by atoms with van der Waals surface area (Å²) in [5.74, 6) is 1.19. The molecule has 2 N–H and O–H groups in total. The molecule has 22 heavy (non-hydrogen) atoms. The van der Waals surface area contributed by atoms with Crippen molar-refractivity contribution in [3.63, 3.8) is 0 Å². The van der Waals surface area contributed by atoms with Crippen LogP contribution in [0, 0.1) is 13.8 Å². The molecule has 0 aliphatic rings. The van der Waals surface area contributed by atoms with Crippen molar-refractivity contribution >= 4 is 29.1 Å². The molecule has 0 aliphatic heterocycles. The molecule has 0 aliphatic carbocycles. The molecule has 118 valence electrons. The van der Waals surface area contributed by atoms with Crippen LogP contribution < -0.4 is 5.32 Å². The number of furan rings is 1. The average molecular weight is 342 g/mol. The van der Waals surface area contributed by atoms with Gasteiger partial charge in [0.15, 0.2) is 0 Å². The maximum Gasteiger partial charge on any atom is 0.251 e. The normalized spacial score (nSPS) is 12.2. The Morgan fingerprint density at radius 2 is 2.00 bits per heavy atom. The number of carbonyl (C=O) groups is 1. The molecular weight excluding hydrogens is 325 g/mol. The quantitative estimate of drug-likeness (QED) is 0.861. The molecule has 1 unspecified atom stereocenters. The van der Waals surface area contributed by atoms with Gasteiger partial charge in [-0.15, -0.1) is 0 Å². The van der Waals surface area contributed by atoms with Crippen LogP contribution >= 0.6 is 23.2 Å². The van der Waals surface area contributed by atoms with E-state index in [4.69, 9.17) is 27.6 Å². The molecule has 6 heteroatoms. The zero-order valence-corrected chi connectivity index (χ0v) is 13.8. The van der Waals surface area contributed by atoms with Crippen LogP contribution in [-0.2, 0) is 0 Å². The lowest BCUT2D eigenvalue weighted by Gasteiger charge is -2.11. The van der Waals surface area contributed by atoms with Crippen molar-refractivity contribution in [2.75, 3.05) is 6.54 Å². The zero-order valence-electron chi connectivity index (χ0n) is 12.3. The molecule has 1 amide bonds. The lowest BCUT2D eigenvalue weighted by Crippen LogP contribution is -2.25. The summed E-state index contributed by atoms with van der Waals surface area (Å²) in [6, 6.07) is 6.49. The molecule has 1 atom stereocenters. The minimum absolute atomic E-state index is 0.258. The summed E-state index contributed by atoms with van der Waals surface area (Å²) in [5, 5.41) is 13.6. The molecule has 0 bridgehead atoms. The van der Waals surface area contributed by atoms with Gasteiger partial charge < -0.3 is 14.8 Å². The largest absolute Gasteiger partial charge is 0.466 e. The Kier molecular flexibility index (Phi) is 5.51. The highest BCUT2D eigenvalue weighted by Crippen LogP contribution is 2.24. The number of aliphatic hydroxyl groups is 1. The Labute approximate surface area is 139 Å². The third-order valence-electron chi connectivity index (χ3n) is 3.32. The Morgan fingerprint density at radius 3 is 2.59 bits per heavy atom. The highest BCUT2D eigenvalue weighted by Gasteiger charge is 2.15. The summed E-state index contributed by atoms with van der Waals surface area (Å²) in [4.78, 5) is 12.0. The summed E-state index contributed by atoms with van der Waals surface area (Å²) in [6.45, 7) is 3.97. The molecular formula is C16H17Cl2NO3. The van der Waals surface area contributed by atoms with E-state index in [0.717, 1.165) is 11.3 Å². The van der Waals surface area contributed by atoms with E-state index in [1.165, 1.54) is 6.07 Å². The Hall–Kier alpha value is -1.49. The second-order valence-electron chi connectivity index (χ2n) is 5.06. The minimum Gasteiger partial charge on any atom is -0.466 e. The van der Waals surface area contributed by atoms with Crippen molar-refractivity contribution in [2.24, 2.45) is 0 Å². The van der Waals surface area contributed by atoms with Crippen LogP contribution in [0.2, 0.25) is 10.0 Å². The topological polar surface area (TPSA) is 62.5 Å². The van der Waals surface area contributed by atoms with Crippen LogP contribution in [-0.4, -0.2) is 17.6 Å². The van der Waals surface area contributed by atoms with E-state index in [0.29, 0.717) is 34.3 Å². The number of amides is 1. The summed E-state index contributed by atoms with van der Waals surface area (Å²) < 4.78 is 5.38. The predicted molar refractivity (Wildman–Crippen MR) is 86.6 cm³/mol. The number of hydrogen-bond acceptors (Lipinski definition) is 3. The van der Waals surface area contributed by atoms with Gasteiger partial charge in [0.05, 0.1) is 16.1 Å². The zero-order chi connectivity index (χ0) is 16.3. The molecule has 0 saturated heterocycles. The van der Waals surface area contributed by atoms with Gasteiger partial charge in [-0.05, 0) is 44.5 Å². The number of carbonyl (C=O) groups excluding carboxylic acids is 1. The average Bonchev–Trinajstić information content (AvgIpc) is 2.80. The first-order chi connectivity index (χ1) is 10.4. The minimum atomic E-state index is -0.674. The van der Waals surface area contributed by atoms with Gasteiger partial charge in [-0.1, -0.05) is 23.2 Å². The van der Waals surface area contributed by atoms with Gasteiger partial charge >= 0.3 is 0 Å². The monoisotopic (exact) mass is 341 g/mol. The van der Waals surface area contributed by atoms with E-state index in [-0.39, 0.29) is 5.91 Å². The fourth-order valence-electron chi connectivity index (χ4n) is 2.20. The molecule has 1 heterocycles. The van der Waals surface area contributed by atoms with Crippen molar-refractivity contribution in [1.29, 1.82) is 0 Å². The Morgan fingerprint density at radius 1 is 1.27 bits per heavy atom. The molecule has 4 nitrogen and oxygen atoms in total. The van der Waals surface area contributed by atoms with E-state index in [1.807, 2.05) is 6.92 Å². The van der Waals surface area contributed by atoms with E-state index in [9.17, 15) is 9.90 Å². The number of hydrogen-bond donors (Lipinski definition) is 2. The summed E-state index contributed by atoms with van der Waals surface area (Å²) in [6.07, 6.45) is -0.279. The van der Waals surface area contributed by atoms with Crippen LogP contribution in [0.4, 0.5) is 0 Å². The molecule has 1 aromatic heterocycles. The van der Waals surface area contributed by atoms with E-state index < -0.39 is 6.10 Å². The molecule has 0 fully saturated rings. The van der Waals surface area contributed by atoms with Crippen LogP contribution in [0.3, 0.4) is 0 Å². The summed E-state index contributed by atoms with van der Waals surface area (Å²) in [5.41, 5.74) is 1.18. The first kappa shape index (κ1) is 16.9. The molecule has 2 aromatic rings. The van der Waals surface area contributed by atoms with Gasteiger partial charge in [0.2, 0.25) is 0 Å². The maximum absolute atomic E-state index is 12.0. The highest BCUT2D eigenvalue weighted by atomic mass is 35.5. The number of aliphatic hydroxyl groups excluding tert-OH is 1.